The summed E-state index contributed by atoms with van der Waals surface area (Å²) >= 11 is 0. The number of fused-ring (bicyclic) bond motifs is 4. The summed E-state index contributed by atoms with van der Waals surface area (Å²) in [6.07, 6.45) is 0.378. The van der Waals surface area contributed by atoms with E-state index in [9.17, 15) is 34.2 Å². The summed E-state index contributed by atoms with van der Waals surface area (Å²) in [7, 11) is 0. The van der Waals surface area contributed by atoms with Crippen molar-refractivity contribution in [2.75, 3.05) is 31.2 Å². The fourth-order valence-electron chi connectivity index (χ4n) is 6.34. The van der Waals surface area contributed by atoms with E-state index in [-0.39, 0.29) is 60.5 Å². The van der Waals surface area contributed by atoms with Gasteiger partial charge >= 0.3 is 5.97 Å². The smallest absolute Gasteiger partial charge is 0.336 e. The van der Waals surface area contributed by atoms with Gasteiger partial charge in [-0.3, -0.25) is 19.2 Å². The normalized spacial score (nSPS) is 11.4. The van der Waals surface area contributed by atoms with Crippen molar-refractivity contribution in [2.24, 2.45) is 0 Å². The van der Waals surface area contributed by atoms with Crippen molar-refractivity contribution in [3.63, 3.8) is 0 Å². The Morgan fingerprint density at radius 2 is 1.53 bits per heavy atom. The van der Waals surface area contributed by atoms with Crippen LogP contribution in [0.25, 0.3) is 33.4 Å². The van der Waals surface area contributed by atoms with Crippen LogP contribution in [0, 0.1) is 11.8 Å². The van der Waals surface area contributed by atoms with Crippen molar-refractivity contribution in [1.82, 2.24) is 10.6 Å². The van der Waals surface area contributed by atoms with Crippen molar-refractivity contribution in [3.05, 3.63) is 142 Å². The topological polar surface area (TPSA) is 175 Å². The number of amides is 3. The molecule has 7 rings (SSSR count). The number of carboxylic acid groups (broad SMARTS) is 1. The molecule has 0 fully saturated rings. The lowest BCUT2D eigenvalue weighted by atomic mass is 9.91. The average molecular weight is 766 g/mol. The molecule has 0 spiro atoms. The minimum atomic E-state index is -1.04. The number of carboxylic acids is 1. The molecule has 288 valence electrons. The molecule has 3 aliphatic rings. The van der Waals surface area contributed by atoms with E-state index in [1.54, 1.807) is 35.2 Å². The van der Waals surface area contributed by atoms with Crippen LogP contribution in [0.5, 0.6) is 5.75 Å². The molecular formula is C45H39N3O9. The molecule has 0 bridgehead atoms. The predicted octanol–water partition coefficient (Wildman–Crippen LogP) is 5.95. The van der Waals surface area contributed by atoms with Crippen LogP contribution >= 0.6 is 0 Å². The number of hydrogen-bond acceptors (Lipinski definition) is 8. The average Bonchev–Trinajstić information content (AvgIpc) is 3.19. The molecule has 0 saturated heterocycles. The van der Waals surface area contributed by atoms with Gasteiger partial charge in [0, 0.05) is 72.6 Å². The van der Waals surface area contributed by atoms with E-state index in [1.165, 1.54) is 37.3 Å². The molecule has 1 aliphatic carbocycles. The Kier molecular flexibility index (Phi) is 12.7. The van der Waals surface area contributed by atoms with Crippen LogP contribution < -0.4 is 21.0 Å². The van der Waals surface area contributed by atoms with E-state index in [2.05, 4.69) is 22.5 Å². The highest BCUT2D eigenvalue weighted by Crippen LogP contribution is 2.41. The molecule has 0 radical (unpaired) electrons. The highest BCUT2D eigenvalue weighted by atomic mass is 16.5. The Morgan fingerprint density at radius 3 is 2.33 bits per heavy atom. The number of rotatable bonds is 11. The third kappa shape index (κ3) is 9.91. The second kappa shape index (κ2) is 18.4. The highest BCUT2D eigenvalue weighted by molar-refractivity contribution is 6.07. The van der Waals surface area contributed by atoms with Crippen molar-refractivity contribution in [3.8, 4) is 40.0 Å². The highest BCUT2D eigenvalue weighted by Gasteiger charge is 2.23. The summed E-state index contributed by atoms with van der Waals surface area (Å²) in [6.45, 7) is 3.13. The molecule has 2 heterocycles. The zero-order valence-electron chi connectivity index (χ0n) is 31.0. The number of aromatic carboxylic acids is 1. The third-order valence-electron chi connectivity index (χ3n) is 9.03. The van der Waals surface area contributed by atoms with Crippen LogP contribution in [0.1, 0.15) is 46.8 Å². The number of benzene rings is 5. The maximum atomic E-state index is 13.1. The number of nitrogens with zero attached hydrogens (tertiary/aromatic N) is 1. The van der Waals surface area contributed by atoms with Crippen LogP contribution in [0.3, 0.4) is 0 Å². The molecule has 0 saturated carbocycles. The van der Waals surface area contributed by atoms with Crippen LogP contribution in [0.4, 0.5) is 5.69 Å². The lowest BCUT2D eigenvalue weighted by Gasteiger charge is -2.26. The quantitative estimate of drug-likeness (QED) is 0.0706. The molecule has 12 heteroatoms. The van der Waals surface area contributed by atoms with Crippen LogP contribution in [0.2, 0.25) is 0 Å². The molecule has 4 aromatic carbocycles. The lowest BCUT2D eigenvalue weighted by Crippen LogP contribution is -2.35. The third-order valence-corrected chi connectivity index (χ3v) is 9.03. The number of anilines is 1. The Balaban J connectivity index is 0.000000198. The van der Waals surface area contributed by atoms with E-state index >= 15 is 0 Å². The summed E-state index contributed by atoms with van der Waals surface area (Å²) in [6, 6.07) is 31.1. The second-order valence-electron chi connectivity index (χ2n) is 13.0. The fraction of sp³-hybridized carbons (Fsp3) is 0.178. The number of phenols is 1. The monoisotopic (exact) mass is 765 g/mol. The van der Waals surface area contributed by atoms with E-state index in [4.69, 9.17) is 9.15 Å². The number of aromatic hydroxyl groups is 1. The summed E-state index contributed by atoms with van der Waals surface area (Å²) in [5.41, 5.74) is 5.58. The first-order valence-corrected chi connectivity index (χ1v) is 18.2. The number of carbonyl (C=O) groups excluding carboxylic acids is 3. The maximum Gasteiger partial charge on any atom is 0.336 e. The fourth-order valence-corrected chi connectivity index (χ4v) is 6.34. The van der Waals surface area contributed by atoms with E-state index in [0.29, 0.717) is 53.1 Å². The van der Waals surface area contributed by atoms with Gasteiger partial charge in [0.1, 0.15) is 17.1 Å². The summed E-state index contributed by atoms with van der Waals surface area (Å²) in [4.78, 5) is 60.9. The van der Waals surface area contributed by atoms with Gasteiger partial charge in [-0.2, -0.15) is 0 Å². The number of ether oxygens (including phenoxy) is 1. The first-order chi connectivity index (χ1) is 27.6. The van der Waals surface area contributed by atoms with E-state index < -0.39 is 5.97 Å². The van der Waals surface area contributed by atoms with Gasteiger partial charge in [-0.25, -0.2) is 4.79 Å². The van der Waals surface area contributed by atoms with Gasteiger partial charge in [-0.05, 0) is 59.7 Å². The van der Waals surface area contributed by atoms with E-state index in [0.717, 1.165) is 22.4 Å². The van der Waals surface area contributed by atoms with Crippen molar-refractivity contribution >= 4 is 40.3 Å². The minimum Gasteiger partial charge on any atom is -0.508 e. The zero-order chi connectivity index (χ0) is 40.3. The summed E-state index contributed by atoms with van der Waals surface area (Å²) < 4.78 is 11.1. The number of phenolic OH excluding ortho intramolecular Hbond substituents is 1. The Hall–Kier alpha value is -7.23. The summed E-state index contributed by atoms with van der Waals surface area (Å²) in [5, 5.41) is 25.3. The predicted molar refractivity (Wildman–Crippen MR) is 215 cm³/mol. The first-order valence-electron chi connectivity index (χ1n) is 18.2. The Bertz CT molecular complexity index is 2550. The van der Waals surface area contributed by atoms with Gasteiger partial charge in [0.25, 0.3) is 0 Å². The molecule has 2 aliphatic heterocycles. The molecular weight excluding hydrogens is 727 g/mol. The number of hydrogen-bond donors (Lipinski definition) is 4. The van der Waals surface area contributed by atoms with Crippen molar-refractivity contribution in [2.45, 2.75) is 26.3 Å². The molecule has 4 N–H and O–H groups in total. The molecule has 0 unspecified atom stereocenters. The lowest BCUT2D eigenvalue weighted by molar-refractivity contribution is -0.123. The summed E-state index contributed by atoms with van der Waals surface area (Å²) in [5.74, 6) is 5.31. The minimum absolute atomic E-state index is 0.0198. The molecule has 0 atom stereocenters. The Labute approximate surface area is 328 Å². The van der Waals surface area contributed by atoms with Gasteiger partial charge in [-0.1, -0.05) is 60.4 Å². The van der Waals surface area contributed by atoms with Crippen LogP contribution in [-0.4, -0.2) is 60.2 Å². The number of nitrogens with one attached hydrogen (secondary N) is 2. The Morgan fingerprint density at radius 1 is 0.789 bits per heavy atom. The number of para-hydroxylation sites is 1. The molecule has 4 aromatic rings. The molecule has 12 nitrogen and oxygen atoms in total. The number of carbonyl (C=O) groups is 4. The first kappa shape index (κ1) is 39.5. The van der Waals surface area contributed by atoms with Crippen molar-refractivity contribution in [1.29, 1.82) is 0 Å². The van der Waals surface area contributed by atoms with Gasteiger partial charge in [0.05, 0.1) is 31.0 Å². The molecule has 0 aromatic heterocycles. The largest absolute Gasteiger partial charge is 0.508 e. The van der Waals surface area contributed by atoms with Gasteiger partial charge < -0.3 is 34.9 Å². The molecule has 57 heavy (non-hydrogen) atoms. The SMILES string of the molecule is CC(=O)NCCOCCC(=O)NCCC(=O)N1Cc2ccccc2C#Cc2ccccc21.O=C(O)c1ccccc1-c1c2ccc(=O)cc-2oc2cc(O)ccc12. The van der Waals surface area contributed by atoms with Crippen LogP contribution in [-0.2, 0) is 25.7 Å². The maximum absolute atomic E-state index is 13.1. The van der Waals surface area contributed by atoms with Crippen molar-refractivity contribution < 1.29 is 38.5 Å². The van der Waals surface area contributed by atoms with Gasteiger partial charge in [0.15, 0.2) is 5.43 Å². The van der Waals surface area contributed by atoms with Gasteiger partial charge in [-0.15, -0.1) is 0 Å². The second-order valence-corrected chi connectivity index (χ2v) is 13.0. The molecule has 3 amide bonds. The van der Waals surface area contributed by atoms with Crippen LogP contribution in [0.15, 0.2) is 118 Å². The van der Waals surface area contributed by atoms with Gasteiger partial charge in [0.2, 0.25) is 17.7 Å². The van der Waals surface area contributed by atoms with E-state index in [1.807, 2.05) is 48.5 Å². The zero-order valence-corrected chi connectivity index (χ0v) is 31.0. The standard InChI is InChI=1S/C25H27N3O4.C20H12O5/c1-19(29)26-15-17-32-16-13-24(30)27-14-12-25(31)28-18-22-8-3-2-6-20(22)10-11-21-7-4-5-9-23(21)28;21-11-5-7-15-17(9-11)25-18-10-12(22)6-8-16(18)19(15)13-3-1-2-4-14(13)20(23)24/h2-9H,12-18H2,1H3,(H,26,29)(H,27,30);1-10,21H,(H,23,24).